The van der Waals surface area contributed by atoms with Crippen LogP contribution in [0, 0.1) is 0 Å². The molecule has 0 aliphatic heterocycles. The number of hydrogen-bond donors (Lipinski definition) is 0. The maximum absolute atomic E-state index is 11.0. The summed E-state index contributed by atoms with van der Waals surface area (Å²) in [4.78, 5) is 0. The lowest BCUT2D eigenvalue weighted by molar-refractivity contribution is 0.332. The molecule has 0 saturated heterocycles. The highest BCUT2D eigenvalue weighted by molar-refractivity contribution is 7.20. The van der Waals surface area contributed by atoms with E-state index in [1.807, 2.05) is 27.7 Å². The number of aromatic nitrogens is 2. The maximum atomic E-state index is 11.0. The molecule has 12 rings (SSSR count). The van der Waals surface area contributed by atoms with Gasteiger partial charge in [-0.15, -0.1) is 0 Å². The van der Waals surface area contributed by atoms with Crippen molar-refractivity contribution in [2.75, 3.05) is 0 Å². The number of fused-ring (bicyclic) bond motifs is 7. The fourth-order valence-corrected chi connectivity index (χ4v) is 13.1. The molecular weight excluding hydrogens is 801 g/mol. The van der Waals surface area contributed by atoms with Gasteiger partial charge in [-0.1, -0.05) is 197 Å². The van der Waals surface area contributed by atoms with E-state index in [-0.39, 0.29) is 5.19 Å². The Kier molecular flexibility index (Phi) is 4.14. The molecule has 314 valence electrons. The number of rotatable bonds is 7. The molecule has 0 spiro atoms. The first-order chi connectivity index (χ1) is 45.5. The molecule has 0 atom stereocenters. The lowest BCUT2D eigenvalue weighted by atomic mass is 9.63. The standard InChI is InChI=1S/C62H52N2Si/c1-61(2)37-38-62(3,4)56-41-49(33-35-55(56)61)65(47-23-10-6-11-24-47,48-25-12-7-13-26-48)50-32-34-53-51-27-14-16-29-57(51)64(60(53)42-50)46-31-36-59-54(40-46)52-28-15-17-30-58(52)63(59)45-22-18-21-44(39-45)43-19-8-5-9-20-43/h5-36,39-42H,37-38H2,1-4H3/i5D,6D,7D,8D,9D,10D,11D,12D,13D,14D,15D,16D,17D,18D,19D,20D,21D,22D,23D,24D,25D,26D,27D,28D,29D,30D,31D,32D,34D,36D,39D,40D,42D. The first-order valence-corrected chi connectivity index (χ1v) is 22.5. The highest BCUT2D eigenvalue weighted by atomic mass is 28.3. The van der Waals surface area contributed by atoms with Gasteiger partial charge < -0.3 is 9.13 Å². The SMILES string of the molecule is [2H]c1c([2H])c([2H])c(-c2c([2H])c([2H])c([2H])c(-n3c4c([2H])c([2H])c([2H])c([2H])c4c4c([2H])c(-n5c6c([2H])c([2H])c([2H])c([2H])c6c6c([2H])c([2H])c([Si](c7ccc8c(c7)C(C)(C)CCC8(C)C)(c7c([2H])c([2H])c([2H])c([2H])c7[2H])c7c([2H])c([2H])c([2H])c([2H])c7[2H])c([2H])c65)c([2H])c([2H])c43)c2[2H])c([2H])c1[2H]. The summed E-state index contributed by atoms with van der Waals surface area (Å²) in [5, 5.41) is -5.44. The fourth-order valence-electron chi connectivity index (χ4n) is 9.21. The van der Waals surface area contributed by atoms with Crippen molar-refractivity contribution in [3.05, 3.63) is 229 Å². The summed E-state index contributed by atoms with van der Waals surface area (Å²) in [6, 6.07) is -29.1. The summed E-state index contributed by atoms with van der Waals surface area (Å²) in [6.07, 6.45) is 1.14. The molecular formula is C62H52N2Si. The Labute approximate surface area is 429 Å². The van der Waals surface area contributed by atoms with Gasteiger partial charge in [-0.3, -0.25) is 0 Å². The first-order valence-electron chi connectivity index (χ1n) is 37.0. The Morgan fingerprint density at radius 2 is 0.908 bits per heavy atom. The third-order valence-electron chi connectivity index (χ3n) is 12.5. The number of para-hydroxylation sites is 2. The minimum Gasteiger partial charge on any atom is -0.309 e. The molecule has 65 heavy (non-hydrogen) atoms. The fraction of sp³-hybridized carbons (Fsp3) is 0.129. The van der Waals surface area contributed by atoms with Crippen molar-refractivity contribution < 1.29 is 45.2 Å². The second kappa shape index (κ2) is 14.9. The van der Waals surface area contributed by atoms with Crippen molar-refractivity contribution in [3.63, 3.8) is 0 Å². The zero-order chi connectivity index (χ0) is 72.6. The summed E-state index contributed by atoms with van der Waals surface area (Å²) in [5.41, 5.74) is -6.86. The van der Waals surface area contributed by atoms with Gasteiger partial charge in [0.15, 0.2) is 8.07 Å². The van der Waals surface area contributed by atoms with Crippen LogP contribution in [0.2, 0.25) is 0 Å². The lowest BCUT2D eigenvalue weighted by Gasteiger charge is -2.43. The van der Waals surface area contributed by atoms with E-state index >= 15 is 0 Å². The van der Waals surface area contributed by atoms with Gasteiger partial charge in [-0.2, -0.15) is 0 Å². The van der Waals surface area contributed by atoms with Gasteiger partial charge in [0.05, 0.1) is 67.3 Å². The second-order valence-electron chi connectivity index (χ2n) is 17.0. The van der Waals surface area contributed by atoms with Crippen LogP contribution >= 0.6 is 0 Å². The molecule has 1 aliphatic carbocycles. The molecule has 0 radical (unpaired) electrons. The van der Waals surface area contributed by atoms with Crippen molar-refractivity contribution in [1.82, 2.24) is 9.13 Å². The Morgan fingerprint density at radius 1 is 0.385 bits per heavy atom. The minimum absolute atomic E-state index is 0.155. The molecule has 0 bridgehead atoms. The van der Waals surface area contributed by atoms with Crippen LogP contribution in [0.4, 0.5) is 0 Å². The van der Waals surface area contributed by atoms with Crippen molar-refractivity contribution in [1.29, 1.82) is 0 Å². The van der Waals surface area contributed by atoms with Gasteiger partial charge in [0.2, 0.25) is 0 Å². The van der Waals surface area contributed by atoms with Gasteiger partial charge in [-0.25, -0.2) is 0 Å². The van der Waals surface area contributed by atoms with Crippen molar-refractivity contribution in [3.8, 4) is 22.5 Å². The van der Waals surface area contributed by atoms with E-state index in [1.165, 1.54) is 6.07 Å². The van der Waals surface area contributed by atoms with Gasteiger partial charge in [-0.05, 0) is 115 Å². The summed E-state index contributed by atoms with van der Waals surface area (Å²) in [5.74, 6) is 0. The zero-order valence-corrected chi connectivity index (χ0v) is 36.0. The predicted octanol–water partition coefficient (Wildman–Crippen LogP) is 13.3. The Hall–Kier alpha value is -7.20. The Morgan fingerprint density at radius 3 is 1.58 bits per heavy atom. The van der Waals surface area contributed by atoms with E-state index in [0.29, 0.717) is 27.5 Å². The molecule has 2 nitrogen and oxygen atoms in total. The predicted molar refractivity (Wildman–Crippen MR) is 279 cm³/mol. The van der Waals surface area contributed by atoms with E-state index in [4.69, 9.17) is 17.8 Å². The molecule has 1 aliphatic rings. The number of benzene rings is 9. The summed E-state index contributed by atoms with van der Waals surface area (Å²) in [7, 11) is -5.93. The average molecular weight is 886 g/mol. The van der Waals surface area contributed by atoms with Gasteiger partial charge in [0.1, 0.15) is 0 Å². The van der Waals surface area contributed by atoms with E-state index in [1.54, 1.807) is 12.1 Å². The molecule has 11 aromatic rings. The zero-order valence-electron chi connectivity index (χ0n) is 68.0. The van der Waals surface area contributed by atoms with E-state index < -0.39 is 300 Å². The monoisotopic (exact) mass is 886 g/mol. The molecule has 2 heterocycles. The summed E-state index contributed by atoms with van der Waals surface area (Å²) in [6.45, 7) is 7.72. The quantitative estimate of drug-likeness (QED) is 0.111. The molecule has 0 amide bonds. The lowest BCUT2D eigenvalue weighted by Crippen LogP contribution is -2.75. The second-order valence-corrected chi connectivity index (χ2v) is 20.6. The Bertz CT molecular complexity index is 5420. The third-order valence-corrected chi connectivity index (χ3v) is 16.7. The van der Waals surface area contributed by atoms with Crippen molar-refractivity contribution in [2.45, 2.75) is 51.4 Å². The van der Waals surface area contributed by atoms with E-state index in [2.05, 4.69) is 0 Å². The normalized spacial score (nSPS) is 21.7. The van der Waals surface area contributed by atoms with Crippen LogP contribution in [0.3, 0.4) is 0 Å². The van der Waals surface area contributed by atoms with Crippen molar-refractivity contribution >= 4 is 72.4 Å². The molecule has 2 aromatic heterocycles. The summed E-state index contributed by atoms with van der Waals surface area (Å²) < 4.78 is 313. The number of nitrogens with zero attached hydrogens (tertiary/aromatic N) is 2. The minimum atomic E-state index is -5.93. The average Bonchev–Trinajstić information content (AvgIpc) is 1.37. The van der Waals surface area contributed by atoms with Gasteiger partial charge in [0, 0.05) is 32.9 Å². The summed E-state index contributed by atoms with van der Waals surface area (Å²) >= 11 is 0. The van der Waals surface area contributed by atoms with Gasteiger partial charge in [0.25, 0.3) is 0 Å². The third kappa shape index (κ3) is 6.13. The highest BCUT2D eigenvalue weighted by Gasteiger charge is 2.44. The Balaban J connectivity index is 1.38. The van der Waals surface area contributed by atoms with E-state index in [0.717, 1.165) is 5.56 Å². The highest BCUT2D eigenvalue weighted by Crippen LogP contribution is 2.46. The van der Waals surface area contributed by atoms with Crippen LogP contribution in [-0.2, 0) is 10.8 Å². The molecule has 3 heteroatoms. The van der Waals surface area contributed by atoms with Gasteiger partial charge >= 0.3 is 0 Å². The molecule has 0 N–H and O–H groups in total. The topological polar surface area (TPSA) is 9.86 Å². The first kappa shape index (κ1) is 18.0. The van der Waals surface area contributed by atoms with Crippen LogP contribution in [-0.4, -0.2) is 17.2 Å². The van der Waals surface area contributed by atoms with Crippen LogP contribution in [0.25, 0.3) is 66.1 Å². The van der Waals surface area contributed by atoms with E-state index in [9.17, 15) is 27.4 Å². The number of hydrogen-bond acceptors (Lipinski definition) is 0. The van der Waals surface area contributed by atoms with Crippen LogP contribution < -0.4 is 20.7 Å². The molecule has 9 aromatic carbocycles. The molecule has 0 fully saturated rings. The maximum Gasteiger partial charge on any atom is 0.179 e. The van der Waals surface area contributed by atoms with Crippen molar-refractivity contribution in [2.24, 2.45) is 0 Å². The molecule has 0 saturated carbocycles. The largest absolute Gasteiger partial charge is 0.309 e. The van der Waals surface area contributed by atoms with Crippen LogP contribution in [0.1, 0.15) is 96.9 Å². The molecule has 0 unspecified atom stereocenters. The smallest absolute Gasteiger partial charge is 0.179 e. The van der Waals surface area contributed by atoms with Crippen LogP contribution in [0.5, 0.6) is 0 Å². The van der Waals surface area contributed by atoms with Crippen LogP contribution in [0.15, 0.2) is 218 Å².